The van der Waals surface area contributed by atoms with Crippen molar-refractivity contribution in [3.63, 3.8) is 0 Å². The minimum absolute atomic E-state index is 0.269. The number of rotatable bonds is 3. The van der Waals surface area contributed by atoms with Crippen molar-refractivity contribution in [2.24, 2.45) is 0 Å². The van der Waals surface area contributed by atoms with Gasteiger partial charge in [0.15, 0.2) is 0 Å². The monoisotopic (exact) mass is 174 g/mol. The predicted molar refractivity (Wildman–Crippen MR) is 43.5 cm³/mol. The molecule has 2 N–H and O–H groups in total. The average molecular weight is 174 g/mol. The number of imide groups is 1. The Kier molecular flexibility index (Phi) is 5.03. The molecule has 0 bridgehead atoms. The van der Waals surface area contributed by atoms with Gasteiger partial charge in [-0.25, -0.2) is 4.79 Å². The fraction of sp³-hybridized carbons (Fsp3) is 0.714. The van der Waals surface area contributed by atoms with Gasteiger partial charge in [0.2, 0.25) is 0 Å². The van der Waals surface area contributed by atoms with E-state index >= 15 is 0 Å². The highest BCUT2D eigenvalue weighted by Gasteiger charge is 2.16. The summed E-state index contributed by atoms with van der Waals surface area (Å²) in [6.07, 6.45) is 0. The molecule has 5 nitrogen and oxygen atoms in total. The molecule has 0 aliphatic carbocycles. The van der Waals surface area contributed by atoms with Gasteiger partial charge in [-0.05, 0) is 13.8 Å². The standard InChI is InChI=1S/C7H14N2O3/c1-3-8-7(12)9(4-2)6(11)5-10/h10H,3-5H2,1-2H3,(H,8,12). The third-order valence-corrected chi connectivity index (χ3v) is 1.33. The number of urea groups is 1. The first-order valence-corrected chi connectivity index (χ1v) is 3.86. The lowest BCUT2D eigenvalue weighted by Crippen LogP contribution is -2.44. The van der Waals surface area contributed by atoms with Crippen molar-refractivity contribution in [2.75, 3.05) is 19.7 Å². The topological polar surface area (TPSA) is 69.6 Å². The van der Waals surface area contributed by atoms with Gasteiger partial charge in [-0.3, -0.25) is 9.69 Å². The maximum Gasteiger partial charge on any atom is 0.324 e. The van der Waals surface area contributed by atoms with Gasteiger partial charge >= 0.3 is 6.03 Å². The Morgan fingerprint density at radius 2 is 2.00 bits per heavy atom. The summed E-state index contributed by atoms with van der Waals surface area (Å²) in [5, 5.41) is 10.9. The number of hydrogen-bond donors (Lipinski definition) is 2. The van der Waals surface area contributed by atoms with Crippen LogP contribution in [0.5, 0.6) is 0 Å². The number of likely N-dealkylation sites (N-methyl/N-ethyl adjacent to an activating group) is 1. The van der Waals surface area contributed by atoms with Crippen molar-refractivity contribution in [3.8, 4) is 0 Å². The molecular formula is C7H14N2O3. The largest absolute Gasteiger partial charge is 0.387 e. The van der Waals surface area contributed by atoms with Crippen molar-refractivity contribution in [1.29, 1.82) is 0 Å². The number of nitrogens with zero attached hydrogens (tertiary/aromatic N) is 1. The van der Waals surface area contributed by atoms with Crippen molar-refractivity contribution in [2.45, 2.75) is 13.8 Å². The zero-order valence-electron chi connectivity index (χ0n) is 7.33. The fourth-order valence-corrected chi connectivity index (χ4v) is 0.765. The first kappa shape index (κ1) is 10.9. The smallest absolute Gasteiger partial charge is 0.324 e. The van der Waals surface area contributed by atoms with Gasteiger partial charge in [0, 0.05) is 13.1 Å². The van der Waals surface area contributed by atoms with Gasteiger partial charge in [0.25, 0.3) is 5.91 Å². The molecule has 0 spiro atoms. The molecule has 12 heavy (non-hydrogen) atoms. The number of carbonyl (C=O) groups excluding carboxylic acids is 2. The summed E-state index contributed by atoms with van der Waals surface area (Å²) in [7, 11) is 0. The van der Waals surface area contributed by atoms with Crippen LogP contribution in [-0.4, -0.2) is 41.6 Å². The van der Waals surface area contributed by atoms with Crippen LogP contribution in [0.25, 0.3) is 0 Å². The van der Waals surface area contributed by atoms with Crippen molar-refractivity contribution >= 4 is 11.9 Å². The lowest BCUT2D eigenvalue weighted by Gasteiger charge is -2.17. The average Bonchev–Trinajstić information content (AvgIpc) is 2.06. The van der Waals surface area contributed by atoms with Gasteiger partial charge in [0.05, 0.1) is 0 Å². The van der Waals surface area contributed by atoms with Crippen LogP contribution in [-0.2, 0) is 4.79 Å². The molecule has 0 aromatic carbocycles. The molecule has 70 valence electrons. The minimum atomic E-state index is -0.634. The minimum Gasteiger partial charge on any atom is -0.387 e. The molecule has 0 saturated heterocycles. The van der Waals surface area contributed by atoms with Crippen molar-refractivity contribution < 1.29 is 14.7 Å². The second-order valence-corrected chi connectivity index (χ2v) is 2.13. The summed E-state index contributed by atoms with van der Waals surface area (Å²) in [5.41, 5.74) is 0. The van der Waals surface area contributed by atoms with Gasteiger partial charge in [0.1, 0.15) is 6.61 Å². The van der Waals surface area contributed by atoms with E-state index in [1.165, 1.54) is 0 Å². The first-order valence-electron chi connectivity index (χ1n) is 3.86. The lowest BCUT2D eigenvalue weighted by molar-refractivity contribution is -0.131. The highest BCUT2D eigenvalue weighted by molar-refractivity contribution is 5.94. The molecule has 0 rings (SSSR count). The molecule has 0 radical (unpaired) electrons. The van der Waals surface area contributed by atoms with E-state index in [1.807, 2.05) is 0 Å². The van der Waals surface area contributed by atoms with Gasteiger partial charge < -0.3 is 10.4 Å². The van der Waals surface area contributed by atoms with E-state index in [1.54, 1.807) is 13.8 Å². The molecule has 0 aliphatic rings. The summed E-state index contributed by atoms with van der Waals surface area (Å²) >= 11 is 0. The summed E-state index contributed by atoms with van der Waals surface area (Å²) in [6.45, 7) is 3.53. The number of carbonyl (C=O) groups is 2. The molecule has 0 atom stereocenters. The van der Waals surface area contributed by atoms with Gasteiger partial charge in [-0.1, -0.05) is 0 Å². The van der Waals surface area contributed by atoms with E-state index in [2.05, 4.69) is 5.32 Å². The van der Waals surface area contributed by atoms with Crippen molar-refractivity contribution in [3.05, 3.63) is 0 Å². The van der Waals surface area contributed by atoms with Crippen LogP contribution in [0.4, 0.5) is 4.79 Å². The molecular weight excluding hydrogens is 160 g/mol. The molecule has 5 heteroatoms. The third kappa shape index (κ3) is 2.87. The Morgan fingerprint density at radius 3 is 2.33 bits per heavy atom. The van der Waals surface area contributed by atoms with Gasteiger partial charge in [-0.15, -0.1) is 0 Å². The van der Waals surface area contributed by atoms with E-state index in [4.69, 9.17) is 5.11 Å². The molecule has 0 aromatic rings. The number of hydrogen-bond acceptors (Lipinski definition) is 3. The van der Waals surface area contributed by atoms with E-state index in [0.29, 0.717) is 6.54 Å². The first-order chi connectivity index (χ1) is 5.67. The number of nitrogens with one attached hydrogen (secondary N) is 1. The van der Waals surface area contributed by atoms with Gasteiger partial charge in [-0.2, -0.15) is 0 Å². The highest BCUT2D eigenvalue weighted by atomic mass is 16.3. The number of aliphatic hydroxyl groups excluding tert-OH is 1. The van der Waals surface area contributed by atoms with Crippen molar-refractivity contribution in [1.82, 2.24) is 10.2 Å². The Morgan fingerprint density at radius 1 is 1.42 bits per heavy atom. The second kappa shape index (κ2) is 5.54. The zero-order chi connectivity index (χ0) is 9.56. The highest BCUT2D eigenvalue weighted by Crippen LogP contribution is 1.89. The fourth-order valence-electron chi connectivity index (χ4n) is 0.765. The van der Waals surface area contributed by atoms with Crippen LogP contribution in [0.2, 0.25) is 0 Å². The SMILES string of the molecule is CCNC(=O)N(CC)C(=O)CO. The van der Waals surface area contributed by atoms with E-state index in [-0.39, 0.29) is 6.54 Å². The molecule has 0 unspecified atom stereocenters. The summed E-state index contributed by atoms with van der Waals surface area (Å²) in [5.74, 6) is -0.580. The molecule has 0 aromatic heterocycles. The normalized spacial score (nSPS) is 9.25. The molecule has 0 heterocycles. The maximum atomic E-state index is 11.1. The Bertz CT molecular complexity index is 170. The van der Waals surface area contributed by atoms with Crippen LogP contribution in [0, 0.1) is 0 Å². The lowest BCUT2D eigenvalue weighted by atomic mass is 10.5. The van der Waals surface area contributed by atoms with Crippen LogP contribution in [0.15, 0.2) is 0 Å². The van der Waals surface area contributed by atoms with Crippen LogP contribution in [0.1, 0.15) is 13.8 Å². The Balaban J connectivity index is 4.14. The molecule has 0 fully saturated rings. The molecule has 0 aliphatic heterocycles. The Hall–Kier alpha value is -1.10. The number of amides is 3. The predicted octanol–water partition coefficient (Wildman–Crippen LogP) is -0.443. The second-order valence-electron chi connectivity index (χ2n) is 2.13. The third-order valence-electron chi connectivity index (χ3n) is 1.33. The summed E-state index contributed by atoms with van der Waals surface area (Å²) in [6, 6.07) is -0.459. The van der Waals surface area contributed by atoms with E-state index in [0.717, 1.165) is 4.90 Å². The quantitative estimate of drug-likeness (QED) is 0.609. The summed E-state index contributed by atoms with van der Waals surface area (Å²) in [4.78, 5) is 22.9. The van der Waals surface area contributed by atoms with Crippen LogP contribution < -0.4 is 5.32 Å². The zero-order valence-corrected chi connectivity index (χ0v) is 7.33. The van der Waals surface area contributed by atoms with E-state index < -0.39 is 18.5 Å². The van der Waals surface area contributed by atoms with E-state index in [9.17, 15) is 9.59 Å². The Labute approximate surface area is 71.4 Å². The molecule has 3 amide bonds. The summed E-state index contributed by atoms with van der Waals surface area (Å²) < 4.78 is 0. The maximum absolute atomic E-state index is 11.1. The molecule has 0 saturated carbocycles. The van der Waals surface area contributed by atoms with Crippen LogP contribution >= 0.6 is 0 Å². The van der Waals surface area contributed by atoms with Crippen LogP contribution in [0.3, 0.4) is 0 Å². The number of aliphatic hydroxyl groups is 1.